The zero-order valence-electron chi connectivity index (χ0n) is 13.9. The number of amides is 1. The largest absolute Gasteiger partial charge is 0.453 e. The maximum absolute atomic E-state index is 14.1. The summed E-state index contributed by atoms with van der Waals surface area (Å²) >= 11 is 0. The van der Waals surface area contributed by atoms with Gasteiger partial charge in [0, 0.05) is 6.54 Å². The van der Waals surface area contributed by atoms with Gasteiger partial charge in [-0.2, -0.15) is 0 Å². The third kappa shape index (κ3) is 5.31. The zero-order chi connectivity index (χ0) is 17.5. The number of nitrogens with zero attached hydrogens (tertiary/aromatic N) is 1. The van der Waals surface area contributed by atoms with E-state index in [1.807, 2.05) is 6.07 Å². The molecule has 0 aliphatic rings. The monoisotopic (exact) mass is 331 g/mol. The van der Waals surface area contributed by atoms with E-state index < -0.39 is 11.7 Å². The Hall–Kier alpha value is -2.47. The number of pyridine rings is 1. The second-order valence-corrected chi connectivity index (χ2v) is 5.97. The average molecular weight is 331 g/mol. The van der Waals surface area contributed by atoms with Crippen molar-refractivity contribution < 1.29 is 13.9 Å². The predicted molar refractivity (Wildman–Crippen MR) is 90.4 cm³/mol. The molecule has 0 atom stereocenters. The summed E-state index contributed by atoms with van der Waals surface area (Å²) in [6.07, 6.45) is 2.42. The Balaban J connectivity index is 1.95. The van der Waals surface area contributed by atoms with Crippen LogP contribution in [0.25, 0.3) is 0 Å². The third-order valence-corrected chi connectivity index (χ3v) is 3.44. The second kappa shape index (κ2) is 8.40. The first-order valence-electron chi connectivity index (χ1n) is 7.88. The van der Waals surface area contributed by atoms with Crippen LogP contribution in [0.15, 0.2) is 36.5 Å². The molecular formula is C18H22FN3O2. The Morgan fingerprint density at radius 3 is 2.71 bits per heavy atom. The number of halogens is 1. The van der Waals surface area contributed by atoms with E-state index in [4.69, 9.17) is 10.5 Å². The second-order valence-electron chi connectivity index (χ2n) is 5.97. The fourth-order valence-electron chi connectivity index (χ4n) is 2.07. The van der Waals surface area contributed by atoms with Crippen LogP contribution in [0.4, 0.5) is 4.39 Å². The van der Waals surface area contributed by atoms with Crippen molar-refractivity contribution in [2.75, 3.05) is 6.54 Å². The number of nitrogens with two attached hydrogens (primary N) is 1. The van der Waals surface area contributed by atoms with Crippen molar-refractivity contribution >= 4 is 5.91 Å². The first-order valence-corrected chi connectivity index (χ1v) is 7.88. The molecule has 0 unspecified atom stereocenters. The number of nitrogens with one attached hydrogen (secondary N) is 1. The van der Waals surface area contributed by atoms with Crippen LogP contribution in [0.5, 0.6) is 11.5 Å². The van der Waals surface area contributed by atoms with Crippen LogP contribution in [0, 0.1) is 11.7 Å². The fraction of sp³-hybridized carbons (Fsp3) is 0.333. The van der Waals surface area contributed by atoms with E-state index in [-0.39, 0.29) is 11.4 Å². The molecule has 0 bridgehead atoms. The highest BCUT2D eigenvalue weighted by Gasteiger charge is 2.08. The van der Waals surface area contributed by atoms with E-state index >= 15 is 0 Å². The number of benzene rings is 1. The lowest BCUT2D eigenvalue weighted by molar-refractivity contribution is 0.0995. The summed E-state index contributed by atoms with van der Waals surface area (Å²) in [6, 6.07) is 7.79. The van der Waals surface area contributed by atoms with E-state index in [2.05, 4.69) is 24.1 Å². The number of carbonyl (C=O) groups is 1. The Bertz CT molecular complexity index is 687. The highest BCUT2D eigenvalue weighted by atomic mass is 19.1. The highest BCUT2D eigenvalue weighted by molar-refractivity contribution is 5.90. The quantitative estimate of drug-likeness (QED) is 0.728. The lowest BCUT2D eigenvalue weighted by Gasteiger charge is -2.10. The number of carbonyl (C=O) groups excluding carboxylic acids is 1. The standard InChI is InChI=1S/C18H22FN3O2/c1-12(2)7-8-21-10-13-3-6-17(15(19)9-13)24-14-4-5-16(18(20)23)22-11-14/h3-6,9,11-12,21H,7-8,10H2,1-2H3,(H2,20,23). The molecule has 0 saturated carbocycles. The molecule has 0 spiro atoms. The minimum absolute atomic E-state index is 0.106. The SMILES string of the molecule is CC(C)CCNCc1ccc(Oc2ccc(C(N)=O)nc2)c(F)c1. The molecule has 1 aromatic carbocycles. The van der Waals surface area contributed by atoms with Crippen molar-refractivity contribution in [2.24, 2.45) is 11.7 Å². The van der Waals surface area contributed by atoms with Gasteiger partial charge in [-0.15, -0.1) is 0 Å². The maximum atomic E-state index is 14.1. The minimum atomic E-state index is -0.623. The molecular weight excluding hydrogens is 309 g/mol. The first kappa shape index (κ1) is 17.9. The number of aromatic nitrogens is 1. The lowest BCUT2D eigenvalue weighted by Crippen LogP contribution is -2.16. The first-order chi connectivity index (χ1) is 11.5. The van der Waals surface area contributed by atoms with Crippen molar-refractivity contribution in [1.29, 1.82) is 0 Å². The van der Waals surface area contributed by atoms with Crippen LogP contribution in [0.1, 0.15) is 36.3 Å². The summed E-state index contributed by atoms with van der Waals surface area (Å²) in [5.74, 6) is 0.00928. The minimum Gasteiger partial charge on any atom is -0.453 e. The summed E-state index contributed by atoms with van der Waals surface area (Å²) < 4.78 is 19.6. The van der Waals surface area contributed by atoms with Crippen LogP contribution in [0.3, 0.4) is 0 Å². The Morgan fingerprint density at radius 1 is 1.33 bits per heavy atom. The predicted octanol–water partition coefficient (Wildman–Crippen LogP) is 3.25. The average Bonchev–Trinajstić information content (AvgIpc) is 2.54. The molecule has 5 nitrogen and oxygen atoms in total. The normalized spacial score (nSPS) is 10.8. The van der Waals surface area contributed by atoms with Crippen LogP contribution in [-0.2, 0) is 6.54 Å². The van der Waals surface area contributed by atoms with Gasteiger partial charge in [0.05, 0.1) is 6.20 Å². The molecule has 1 amide bonds. The summed E-state index contributed by atoms with van der Waals surface area (Å²) in [6.45, 7) is 5.84. The van der Waals surface area contributed by atoms with Crippen LogP contribution < -0.4 is 15.8 Å². The summed E-state index contributed by atoms with van der Waals surface area (Å²) in [4.78, 5) is 14.8. The fourth-order valence-corrected chi connectivity index (χ4v) is 2.07. The smallest absolute Gasteiger partial charge is 0.267 e. The van der Waals surface area contributed by atoms with Gasteiger partial charge in [-0.3, -0.25) is 4.79 Å². The molecule has 1 heterocycles. The van der Waals surface area contributed by atoms with E-state index in [0.29, 0.717) is 18.2 Å². The zero-order valence-corrected chi connectivity index (χ0v) is 13.9. The van der Waals surface area contributed by atoms with Crippen LogP contribution in [0.2, 0.25) is 0 Å². The molecule has 2 rings (SSSR count). The van der Waals surface area contributed by atoms with Gasteiger partial charge in [-0.05, 0) is 48.7 Å². The number of primary amides is 1. The molecule has 0 aliphatic heterocycles. The molecule has 0 saturated heterocycles. The molecule has 2 aromatic rings. The number of rotatable bonds is 8. The molecule has 24 heavy (non-hydrogen) atoms. The number of hydrogen-bond donors (Lipinski definition) is 2. The van der Waals surface area contributed by atoms with Crippen molar-refractivity contribution in [3.8, 4) is 11.5 Å². The van der Waals surface area contributed by atoms with Crippen LogP contribution >= 0.6 is 0 Å². The third-order valence-electron chi connectivity index (χ3n) is 3.44. The van der Waals surface area contributed by atoms with Gasteiger partial charge >= 0.3 is 0 Å². The summed E-state index contributed by atoms with van der Waals surface area (Å²) in [5, 5.41) is 3.28. The van der Waals surface area contributed by atoms with Gasteiger partial charge < -0.3 is 15.8 Å². The lowest BCUT2D eigenvalue weighted by atomic mass is 10.1. The van der Waals surface area contributed by atoms with E-state index in [9.17, 15) is 9.18 Å². The Kier molecular flexibility index (Phi) is 6.26. The van der Waals surface area contributed by atoms with Crippen LogP contribution in [-0.4, -0.2) is 17.4 Å². The molecule has 128 valence electrons. The number of ether oxygens (including phenoxy) is 1. The van der Waals surface area contributed by atoms with E-state index in [1.54, 1.807) is 6.07 Å². The van der Waals surface area contributed by atoms with Crippen molar-refractivity contribution in [1.82, 2.24) is 10.3 Å². The van der Waals surface area contributed by atoms with Crippen molar-refractivity contribution in [3.05, 3.63) is 53.6 Å². The highest BCUT2D eigenvalue weighted by Crippen LogP contribution is 2.24. The van der Waals surface area contributed by atoms with Gasteiger partial charge in [0.2, 0.25) is 0 Å². The topological polar surface area (TPSA) is 77.2 Å². The Labute approximate surface area is 141 Å². The molecule has 6 heteroatoms. The van der Waals surface area contributed by atoms with Gasteiger partial charge in [-0.1, -0.05) is 19.9 Å². The van der Waals surface area contributed by atoms with Crippen molar-refractivity contribution in [3.63, 3.8) is 0 Å². The summed E-state index contributed by atoms with van der Waals surface area (Å²) in [5.41, 5.74) is 6.10. The Morgan fingerprint density at radius 2 is 2.12 bits per heavy atom. The number of hydrogen-bond acceptors (Lipinski definition) is 4. The van der Waals surface area contributed by atoms with Gasteiger partial charge in [0.15, 0.2) is 11.6 Å². The van der Waals surface area contributed by atoms with Crippen molar-refractivity contribution in [2.45, 2.75) is 26.8 Å². The molecule has 0 aliphatic carbocycles. The molecule has 0 radical (unpaired) electrons. The molecule has 3 N–H and O–H groups in total. The molecule has 0 fully saturated rings. The maximum Gasteiger partial charge on any atom is 0.267 e. The summed E-state index contributed by atoms with van der Waals surface area (Å²) in [7, 11) is 0. The van der Waals surface area contributed by atoms with E-state index in [1.165, 1.54) is 24.4 Å². The van der Waals surface area contributed by atoms with E-state index in [0.717, 1.165) is 18.5 Å². The van der Waals surface area contributed by atoms with Gasteiger partial charge in [0.1, 0.15) is 11.4 Å². The van der Waals surface area contributed by atoms with Gasteiger partial charge in [-0.25, -0.2) is 9.37 Å². The molecule has 1 aromatic heterocycles. The van der Waals surface area contributed by atoms with Gasteiger partial charge in [0.25, 0.3) is 5.91 Å².